The van der Waals surface area contributed by atoms with Crippen LogP contribution < -0.4 is 0 Å². The molecule has 8 heteroatoms. The third-order valence-corrected chi connectivity index (χ3v) is 2.84. The monoisotopic (exact) mass is 360 g/mol. The molecule has 0 aliphatic rings. The van der Waals surface area contributed by atoms with Gasteiger partial charge in [0.15, 0.2) is 23.0 Å². The first-order chi connectivity index (χ1) is 12.2. The van der Waals surface area contributed by atoms with Crippen LogP contribution in [-0.4, -0.2) is 42.6 Å². The predicted octanol–water partition coefficient (Wildman–Crippen LogP) is 2.39. The number of carbonyl (C=O) groups is 2. The molecule has 0 radical (unpaired) electrons. The van der Waals surface area contributed by atoms with Gasteiger partial charge in [0, 0.05) is 12.2 Å². The number of carboxylic acids is 2. The Morgan fingerprint density at radius 3 is 1.23 bits per heavy atom. The second-order valence-electron chi connectivity index (χ2n) is 4.84. The van der Waals surface area contributed by atoms with Gasteiger partial charge in [-0.2, -0.15) is 0 Å². The Kier molecular flexibility index (Phi) is 7.25. The molecule has 0 saturated heterocycles. The molecule has 26 heavy (non-hydrogen) atoms. The summed E-state index contributed by atoms with van der Waals surface area (Å²) in [6, 6.07) is 8.11. The van der Waals surface area contributed by atoms with Crippen LogP contribution in [0.5, 0.6) is 23.0 Å². The van der Waals surface area contributed by atoms with E-state index in [9.17, 15) is 9.59 Å². The van der Waals surface area contributed by atoms with Crippen molar-refractivity contribution in [2.45, 2.75) is 0 Å². The highest BCUT2D eigenvalue weighted by Crippen LogP contribution is 2.26. The van der Waals surface area contributed by atoms with Crippen molar-refractivity contribution in [3.8, 4) is 23.0 Å². The predicted molar refractivity (Wildman–Crippen MR) is 92.9 cm³/mol. The number of phenolic OH excluding ortho intramolecular Hbond substituents is 4. The van der Waals surface area contributed by atoms with Gasteiger partial charge in [-0.05, 0) is 47.5 Å². The number of aliphatic carboxylic acids is 2. The summed E-state index contributed by atoms with van der Waals surface area (Å²) in [5.41, 5.74) is 1.02. The van der Waals surface area contributed by atoms with E-state index in [0.29, 0.717) is 11.1 Å². The number of hydrogen-bond acceptors (Lipinski definition) is 6. The molecule has 0 aliphatic heterocycles. The van der Waals surface area contributed by atoms with Gasteiger partial charge in [0.25, 0.3) is 0 Å². The van der Waals surface area contributed by atoms with Gasteiger partial charge in [0.2, 0.25) is 0 Å². The molecular weight excluding hydrogens is 344 g/mol. The minimum Gasteiger partial charge on any atom is -0.504 e. The molecule has 0 aromatic heterocycles. The van der Waals surface area contributed by atoms with Gasteiger partial charge in [-0.1, -0.05) is 12.1 Å². The summed E-state index contributed by atoms with van der Waals surface area (Å²) < 4.78 is 0. The fourth-order valence-corrected chi connectivity index (χ4v) is 1.62. The quantitative estimate of drug-likeness (QED) is 0.358. The second kappa shape index (κ2) is 9.38. The van der Waals surface area contributed by atoms with Gasteiger partial charge in [0.1, 0.15) is 0 Å². The molecule has 6 N–H and O–H groups in total. The van der Waals surface area contributed by atoms with E-state index in [1.54, 1.807) is 0 Å². The lowest BCUT2D eigenvalue weighted by Crippen LogP contribution is -1.85. The fraction of sp³-hybridized carbons (Fsp3) is 0. The first-order valence-corrected chi connectivity index (χ1v) is 7.05. The van der Waals surface area contributed by atoms with E-state index < -0.39 is 11.9 Å². The zero-order valence-electron chi connectivity index (χ0n) is 13.3. The molecule has 0 unspecified atom stereocenters. The molecule has 0 fully saturated rings. The van der Waals surface area contributed by atoms with Crippen molar-refractivity contribution in [3.05, 3.63) is 59.7 Å². The van der Waals surface area contributed by atoms with E-state index in [-0.39, 0.29) is 23.0 Å². The first-order valence-electron chi connectivity index (χ1n) is 7.05. The van der Waals surface area contributed by atoms with Crippen LogP contribution in [0.3, 0.4) is 0 Å². The Morgan fingerprint density at radius 1 is 0.615 bits per heavy atom. The Hall–Kier alpha value is -3.94. The van der Waals surface area contributed by atoms with E-state index in [0.717, 1.165) is 12.2 Å². The van der Waals surface area contributed by atoms with E-state index in [2.05, 4.69) is 0 Å². The van der Waals surface area contributed by atoms with Crippen LogP contribution in [0, 0.1) is 0 Å². The standard InChI is InChI=1S/2C9H8O4/c2*10-7-3-1-6(5-8(7)11)2-4-9(12)13/h2*1-5,10-11H,(H,12,13)/b2*4-2+. The number of hydrogen-bond donors (Lipinski definition) is 6. The Labute approximate surface area is 147 Å². The number of aromatic hydroxyl groups is 4. The maximum Gasteiger partial charge on any atom is 0.328 e. The summed E-state index contributed by atoms with van der Waals surface area (Å²) in [6.07, 6.45) is 4.54. The molecule has 0 bridgehead atoms. The van der Waals surface area contributed by atoms with Gasteiger partial charge in [-0.15, -0.1) is 0 Å². The topological polar surface area (TPSA) is 156 Å². The first kappa shape index (κ1) is 20.1. The maximum atomic E-state index is 10.1. The average Bonchev–Trinajstić information content (AvgIpc) is 2.57. The number of rotatable bonds is 4. The highest BCUT2D eigenvalue weighted by atomic mass is 16.4. The van der Waals surface area contributed by atoms with Crippen molar-refractivity contribution in [3.63, 3.8) is 0 Å². The smallest absolute Gasteiger partial charge is 0.328 e. The van der Waals surface area contributed by atoms with Crippen LogP contribution in [0.2, 0.25) is 0 Å². The van der Waals surface area contributed by atoms with Crippen molar-refractivity contribution in [2.24, 2.45) is 0 Å². The molecule has 0 amide bonds. The zero-order chi connectivity index (χ0) is 19.7. The lowest BCUT2D eigenvalue weighted by Gasteiger charge is -1.97. The van der Waals surface area contributed by atoms with Crippen LogP contribution >= 0.6 is 0 Å². The molecule has 0 heterocycles. The molecule has 2 aromatic rings. The highest BCUT2D eigenvalue weighted by Gasteiger charge is 1.98. The Morgan fingerprint density at radius 2 is 0.962 bits per heavy atom. The van der Waals surface area contributed by atoms with E-state index in [1.165, 1.54) is 48.6 Å². The molecular formula is C18H16O8. The van der Waals surface area contributed by atoms with E-state index in [1.807, 2.05) is 0 Å². The average molecular weight is 360 g/mol. The summed E-state index contributed by atoms with van der Waals surface area (Å²) in [5, 5.41) is 52.5. The third-order valence-electron chi connectivity index (χ3n) is 2.84. The summed E-state index contributed by atoms with van der Waals surface area (Å²) in [5.74, 6) is -3.12. The van der Waals surface area contributed by atoms with E-state index >= 15 is 0 Å². The largest absolute Gasteiger partial charge is 0.504 e. The van der Waals surface area contributed by atoms with Crippen molar-refractivity contribution < 1.29 is 40.2 Å². The summed E-state index contributed by atoms with van der Waals surface area (Å²) in [7, 11) is 0. The third kappa shape index (κ3) is 7.09. The lowest BCUT2D eigenvalue weighted by atomic mass is 10.2. The maximum absolute atomic E-state index is 10.1. The zero-order valence-corrected chi connectivity index (χ0v) is 13.3. The minimum atomic E-state index is -1.06. The van der Waals surface area contributed by atoms with Crippen LogP contribution in [-0.2, 0) is 9.59 Å². The van der Waals surface area contributed by atoms with Crippen LogP contribution in [0.4, 0.5) is 0 Å². The van der Waals surface area contributed by atoms with Crippen molar-refractivity contribution in [1.29, 1.82) is 0 Å². The molecule has 2 aromatic carbocycles. The summed E-state index contributed by atoms with van der Waals surface area (Å²) in [4.78, 5) is 20.3. The van der Waals surface area contributed by atoms with Crippen molar-refractivity contribution in [1.82, 2.24) is 0 Å². The molecule has 0 spiro atoms. The molecule has 0 saturated carbocycles. The minimum absolute atomic E-state index is 0.229. The second-order valence-corrected chi connectivity index (χ2v) is 4.84. The van der Waals surface area contributed by atoms with Crippen molar-refractivity contribution in [2.75, 3.05) is 0 Å². The molecule has 8 nitrogen and oxygen atoms in total. The normalized spacial score (nSPS) is 10.5. The lowest BCUT2D eigenvalue weighted by molar-refractivity contribution is -0.132. The van der Waals surface area contributed by atoms with Gasteiger partial charge in [-0.25, -0.2) is 9.59 Å². The molecule has 2 rings (SSSR count). The highest BCUT2D eigenvalue weighted by molar-refractivity contribution is 5.85. The van der Waals surface area contributed by atoms with Crippen LogP contribution in [0.25, 0.3) is 12.2 Å². The molecule has 136 valence electrons. The Bertz CT molecular complexity index is 781. The molecule has 0 atom stereocenters. The number of carboxylic acid groups (broad SMARTS) is 2. The van der Waals surface area contributed by atoms with Gasteiger partial charge >= 0.3 is 11.9 Å². The van der Waals surface area contributed by atoms with Crippen molar-refractivity contribution >= 4 is 24.1 Å². The van der Waals surface area contributed by atoms with E-state index in [4.69, 9.17) is 30.6 Å². The van der Waals surface area contributed by atoms with Gasteiger partial charge in [0.05, 0.1) is 0 Å². The fourth-order valence-electron chi connectivity index (χ4n) is 1.62. The summed E-state index contributed by atoms with van der Waals surface area (Å²) >= 11 is 0. The summed E-state index contributed by atoms with van der Waals surface area (Å²) in [6.45, 7) is 0. The SMILES string of the molecule is O=C(O)/C=C/c1ccc(O)c(O)c1.O=C(O)/C=C/c1ccc(O)c(O)c1. The number of benzene rings is 2. The molecule has 0 aliphatic carbocycles. The van der Waals surface area contributed by atoms with Crippen LogP contribution in [0.15, 0.2) is 48.6 Å². The number of phenols is 4. The Balaban J connectivity index is 0.000000260. The van der Waals surface area contributed by atoms with Gasteiger partial charge in [-0.3, -0.25) is 0 Å². The van der Waals surface area contributed by atoms with Crippen LogP contribution in [0.1, 0.15) is 11.1 Å². The van der Waals surface area contributed by atoms with Gasteiger partial charge < -0.3 is 30.6 Å².